The molecule has 1 amide bonds. The summed E-state index contributed by atoms with van der Waals surface area (Å²) in [6.45, 7) is 3.79. The lowest BCUT2D eigenvalue weighted by atomic mass is 10.0. The van der Waals surface area contributed by atoms with Crippen LogP contribution in [0.5, 0.6) is 11.5 Å². The maximum atomic E-state index is 12.5. The van der Waals surface area contributed by atoms with Gasteiger partial charge in [0.1, 0.15) is 18.0 Å². The van der Waals surface area contributed by atoms with Crippen molar-refractivity contribution in [3.8, 4) is 22.8 Å². The second-order valence-corrected chi connectivity index (χ2v) is 6.68. The highest BCUT2D eigenvalue weighted by atomic mass is 16.5. The van der Waals surface area contributed by atoms with E-state index in [9.17, 15) is 9.59 Å². The van der Waals surface area contributed by atoms with Crippen LogP contribution in [0.4, 0.5) is 5.69 Å². The summed E-state index contributed by atoms with van der Waals surface area (Å²) in [5, 5.41) is 7.12. The molecule has 150 valence electrons. The number of ether oxygens (including phenoxy) is 2. The summed E-state index contributed by atoms with van der Waals surface area (Å²) in [6, 6.07) is 14.1. The molecule has 0 spiro atoms. The highest BCUT2D eigenvalue weighted by Gasteiger charge is 2.11. The van der Waals surface area contributed by atoms with Gasteiger partial charge in [-0.15, -0.1) is 0 Å². The number of anilines is 1. The molecule has 0 aliphatic rings. The van der Waals surface area contributed by atoms with Crippen molar-refractivity contribution in [3.05, 3.63) is 70.0 Å². The Kier molecular flexibility index (Phi) is 5.97. The second kappa shape index (κ2) is 8.60. The van der Waals surface area contributed by atoms with E-state index in [4.69, 9.17) is 9.47 Å². The van der Waals surface area contributed by atoms with Gasteiger partial charge in [-0.1, -0.05) is 23.8 Å². The number of aryl methyl sites for hydroxylation is 2. The lowest BCUT2D eigenvalue weighted by molar-refractivity contribution is -0.117. The first-order valence-corrected chi connectivity index (χ1v) is 9.08. The first kappa shape index (κ1) is 20.1. The number of amides is 1. The average Bonchev–Trinajstić information content (AvgIpc) is 2.69. The van der Waals surface area contributed by atoms with Crippen molar-refractivity contribution >= 4 is 11.6 Å². The van der Waals surface area contributed by atoms with Crippen LogP contribution in [0.25, 0.3) is 11.3 Å². The van der Waals surface area contributed by atoms with E-state index in [1.165, 1.54) is 20.3 Å². The minimum absolute atomic E-state index is 0.211. The molecular formula is C22H23N3O4. The van der Waals surface area contributed by atoms with Gasteiger partial charge in [-0.2, -0.15) is 5.10 Å². The van der Waals surface area contributed by atoms with E-state index < -0.39 is 0 Å². The molecule has 0 radical (unpaired) electrons. The molecule has 7 heteroatoms. The summed E-state index contributed by atoms with van der Waals surface area (Å²) in [7, 11) is 3.06. The highest BCUT2D eigenvalue weighted by molar-refractivity contribution is 5.91. The molecule has 1 aromatic heterocycles. The second-order valence-electron chi connectivity index (χ2n) is 6.68. The van der Waals surface area contributed by atoms with Gasteiger partial charge in [-0.05, 0) is 25.5 Å². The van der Waals surface area contributed by atoms with Crippen molar-refractivity contribution in [2.24, 2.45) is 0 Å². The first-order valence-electron chi connectivity index (χ1n) is 9.08. The van der Waals surface area contributed by atoms with Crippen molar-refractivity contribution in [1.82, 2.24) is 9.78 Å². The number of benzene rings is 2. The van der Waals surface area contributed by atoms with Gasteiger partial charge in [0.15, 0.2) is 0 Å². The minimum Gasteiger partial charge on any atom is -0.497 e. The summed E-state index contributed by atoms with van der Waals surface area (Å²) in [4.78, 5) is 24.7. The smallest absolute Gasteiger partial charge is 0.267 e. The van der Waals surface area contributed by atoms with Crippen LogP contribution in [-0.2, 0) is 11.3 Å². The van der Waals surface area contributed by atoms with E-state index in [1.54, 1.807) is 24.3 Å². The molecule has 0 saturated heterocycles. The summed E-state index contributed by atoms with van der Waals surface area (Å²) < 4.78 is 11.6. The molecule has 3 aromatic rings. The normalized spacial score (nSPS) is 10.5. The largest absolute Gasteiger partial charge is 0.497 e. The Hall–Kier alpha value is -3.61. The summed E-state index contributed by atoms with van der Waals surface area (Å²) in [6.07, 6.45) is 0. The van der Waals surface area contributed by atoms with Gasteiger partial charge >= 0.3 is 0 Å². The van der Waals surface area contributed by atoms with Crippen molar-refractivity contribution < 1.29 is 14.3 Å². The van der Waals surface area contributed by atoms with E-state index >= 15 is 0 Å². The predicted molar refractivity (Wildman–Crippen MR) is 112 cm³/mol. The zero-order chi connectivity index (χ0) is 21.0. The van der Waals surface area contributed by atoms with Gasteiger partial charge in [-0.3, -0.25) is 9.59 Å². The van der Waals surface area contributed by atoms with Gasteiger partial charge in [0.2, 0.25) is 5.91 Å². The molecule has 1 heterocycles. The zero-order valence-electron chi connectivity index (χ0n) is 16.9. The third-order valence-electron chi connectivity index (χ3n) is 4.45. The number of hydrogen-bond acceptors (Lipinski definition) is 5. The molecule has 0 unspecified atom stereocenters. The van der Waals surface area contributed by atoms with Crippen LogP contribution in [0.1, 0.15) is 11.1 Å². The lowest BCUT2D eigenvalue weighted by Crippen LogP contribution is -2.29. The van der Waals surface area contributed by atoms with Crippen LogP contribution in [0, 0.1) is 13.8 Å². The summed E-state index contributed by atoms with van der Waals surface area (Å²) in [5.74, 6) is 0.714. The van der Waals surface area contributed by atoms with Gasteiger partial charge in [-0.25, -0.2) is 4.68 Å². The van der Waals surface area contributed by atoms with Gasteiger partial charge < -0.3 is 14.8 Å². The topological polar surface area (TPSA) is 82.5 Å². The Balaban J connectivity index is 1.83. The Morgan fingerprint density at radius 3 is 2.31 bits per heavy atom. The zero-order valence-corrected chi connectivity index (χ0v) is 16.9. The Morgan fingerprint density at radius 1 is 1.00 bits per heavy atom. The third kappa shape index (κ3) is 4.82. The minimum atomic E-state index is -0.382. The molecule has 0 saturated carbocycles. The van der Waals surface area contributed by atoms with Gasteiger partial charge in [0, 0.05) is 35.5 Å². The standard InChI is InChI=1S/C22H23N3O4/c1-14-5-6-19(15(2)9-14)20-7-8-22(27)25(24-20)13-21(26)23-16-10-17(28-3)12-18(11-16)29-4/h5-12H,13H2,1-4H3,(H,23,26). The highest BCUT2D eigenvalue weighted by Crippen LogP contribution is 2.26. The number of aromatic nitrogens is 2. The van der Waals surface area contributed by atoms with Crippen molar-refractivity contribution in [2.75, 3.05) is 19.5 Å². The maximum Gasteiger partial charge on any atom is 0.267 e. The number of methoxy groups -OCH3 is 2. The number of carbonyl (C=O) groups is 1. The van der Waals surface area contributed by atoms with E-state index in [1.807, 2.05) is 26.0 Å². The van der Waals surface area contributed by atoms with Gasteiger partial charge in [0.05, 0.1) is 19.9 Å². The van der Waals surface area contributed by atoms with Crippen LogP contribution in [0.3, 0.4) is 0 Å². The van der Waals surface area contributed by atoms with Crippen LogP contribution >= 0.6 is 0 Å². The van der Waals surface area contributed by atoms with E-state index in [0.717, 1.165) is 21.4 Å². The Bertz CT molecular complexity index is 1080. The lowest BCUT2D eigenvalue weighted by Gasteiger charge is -2.11. The van der Waals surface area contributed by atoms with Crippen molar-refractivity contribution in [1.29, 1.82) is 0 Å². The fourth-order valence-corrected chi connectivity index (χ4v) is 3.02. The van der Waals surface area contributed by atoms with Crippen LogP contribution in [-0.4, -0.2) is 29.9 Å². The molecular weight excluding hydrogens is 370 g/mol. The predicted octanol–water partition coefficient (Wildman–Crippen LogP) is 3.18. The number of nitrogens with zero attached hydrogens (tertiary/aromatic N) is 2. The van der Waals surface area contributed by atoms with Crippen LogP contribution in [0.15, 0.2) is 53.3 Å². The third-order valence-corrected chi connectivity index (χ3v) is 4.45. The van der Waals surface area contributed by atoms with Crippen LogP contribution < -0.4 is 20.3 Å². The molecule has 0 aliphatic heterocycles. The van der Waals surface area contributed by atoms with Gasteiger partial charge in [0.25, 0.3) is 5.56 Å². The van der Waals surface area contributed by atoms with E-state index in [2.05, 4.69) is 16.5 Å². The molecule has 2 aromatic carbocycles. The fraction of sp³-hybridized carbons (Fsp3) is 0.227. The first-order chi connectivity index (χ1) is 13.9. The van der Waals surface area contributed by atoms with Crippen molar-refractivity contribution in [2.45, 2.75) is 20.4 Å². The SMILES string of the molecule is COc1cc(NC(=O)Cn2nc(-c3ccc(C)cc3C)ccc2=O)cc(OC)c1. The molecule has 29 heavy (non-hydrogen) atoms. The molecule has 1 N–H and O–H groups in total. The number of nitrogens with one attached hydrogen (secondary N) is 1. The molecule has 3 rings (SSSR count). The van der Waals surface area contributed by atoms with E-state index in [0.29, 0.717) is 22.9 Å². The number of rotatable bonds is 6. The molecule has 0 atom stereocenters. The molecule has 7 nitrogen and oxygen atoms in total. The summed E-state index contributed by atoms with van der Waals surface area (Å²) in [5.41, 5.74) is 3.91. The average molecular weight is 393 g/mol. The molecule has 0 bridgehead atoms. The Morgan fingerprint density at radius 2 is 1.69 bits per heavy atom. The fourth-order valence-electron chi connectivity index (χ4n) is 3.02. The quantitative estimate of drug-likeness (QED) is 0.696. The van der Waals surface area contributed by atoms with Crippen LogP contribution in [0.2, 0.25) is 0 Å². The maximum absolute atomic E-state index is 12.5. The van der Waals surface area contributed by atoms with E-state index in [-0.39, 0.29) is 18.0 Å². The molecule has 0 aliphatic carbocycles. The van der Waals surface area contributed by atoms with Crippen molar-refractivity contribution in [3.63, 3.8) is 0 Å². The molecule has 0 fully saturated rings. The monoisotopic (exact) mass is 393 g/mol. The number of carbonyl (C=O) groups excluding carboxylic acids is 1. The number of hydrogen-bond donors (Lipinski definition) is 1. The Labute approximate surface area is 168 Å². The summed E-state index contributed by atoms with van der Waals surface area (Å²) >= 11 is 0.